The predicted octanol–water partition coefficient (Wildman–Crippen LogP) is 27.6. The molecule has 0 spiro atoms. The number of halogens is 5. The first-order chi connectivity index (χ1) is 70.2. The number of hydrogen-bond donors (Lipinski definition) is 1. The lowest BCUT2D eigenvalue weighted by molar-refractivity contribution is -0.139. The summed E-state index contributed by atoms with van der Waals surface area (Å²) in [4.78, 5) is 91.9. The number of rotatable bonds is 18. The molecule has 4 aliphatic heterocycles. The van der Waals surface area contributed by atoms with Crippen LogP contribution in [0.15, 0.2) is 189 Å². The summed E-state index contributed by atoms with van der Waals surface area (Å²) in [6, 6.07) is 44.4. The minimum Gasteiger partial charge on any atom is -0.493 e. The van der Waals surface area contributed by atoms with Gasteiger partial charge in [0.25, 0.3) is 0 Å². The number of carbonyl (C=O) groups is 5. The van der Waals surface area contributed by atoms with Crippen LogP contribution in [0.4, 0.5) is 17.6 Å². The molecule has 0 bridgehead atoms. The molecule has 4 aliphatic rings. The quantitative estimate of drug-likeness (QED) is 0.0781. The Balaban J connectivity index is 0.000000129. The maximum Gasteiger partial charge on any atom is 0.249 e. The Labute approximate surface area is 859 Å². The second-order valence-corrected chi connectivity index (χ2v) is 42.5. The zero-order chi connectivity index (χ0) is 106. The summed E-state index contributed by atoms with van der Waals surface area (Å²) in [7, 11) is 0. The first kappa shape index (κ1) is 103. The fourth-order valence-electron chi connectivity index (χ4n) is 21.1. The molecule has 12 aromatic carbocycles. The summed E-state index contributed by atoms with van der Waals surface area (Å²) in [5.41, 5.74) is 23.8. The largest absolute Gasteiger partial charge is 0.493 e. The van der Waals surface area contributed by atoms with Gasteiger partial charge in [-0.15, -0.1) is 0 Å². The van der Waals surface area contributed by atoms with E-state index in [0.29, 0.717) is 125 Å². The van der Waals surface area contributed by atoms with Gasteiger partial charge in [-0.3, -0.25) is 43.9 Å². The molecule has 2 N–H and O–H groups in total. The molecular weight excluding hydrogens is 1900 g/mol. The van der Waals surface area contributed by atoms with Crippen LogP contribution in [0.3, 0.4) is 0 Å². The topological polar surface area (TPSA) is 286 Å². The van der Waals surface area contributed by atoms with E-state index in [0.717, 1.165) is 165 Å². The number of ether oxygens (including phenoxy) is 8. The van der Waals surface area contributed by atoms with Crippen LogP contribution in [-0.4, -0.2) is 108 Å². The third-order valence-electron chi connectivity index (χ3n) is 26.9. The summed E-state index contributed by atoms with van der Waals surface area (Å²) in [6.07, 6.45) is 11.4. The first-order valence-corrected chi connectivity index (χ1v) is 49.7. The number of aromatic nitrogens is 6. The zero-order valence-corrected chi connectivity index (χ0v) is 87.0. The number of benzene rings is 12. The number of Topliss-reactive ketones (excluding diaryl/α,β-unsaturated/α-hetero) is 4. The number of hydrogen-bond acceptors (Lipinski definition) is 20. The zero-order valence-electron chi connectivity index (χ0n) is 86.3. The maximum atomic E-state index is 15.5. The van der Waals surface area contributed by atoms with Crippen molar-refractivity contribution in [2.24, 2.45) is 5.73 Å². The Bertz CT molecular complexity index is 8410. The smallest absolute Gasteiger partial charge is 0.249 e. The van der Waals surface area contributed by atoms with Gasteiger partial charge in [-0.2, -0.15) is 5.26 Å². The fraction of sp³-hybridized carbons (Fsp3) is 0.295. The number of carbonyl (C=O) groups excluding carboxylic acids is 5. The number of ketones is 4. The molecule has 17 aromatic rings. The maximum absolute atomic E-state index is 15.5. The highest BCUT2D eigenvalue weighted by atomic mass is 35.5. The van der Waals surface area contributed by atoms with Gasteiger partial charge in [-0.05, 0) is 393 Å². The number of nitrogens with zero attached hydrogens (tertiary/aromatic N) is 7. The van der Waals surface area contributed by atoms with Gasteiger partial charge >= 0.3 is 0 Å². The molecule has 0 unspecified atom stereocenters. The van der Waals surface area contributed by atoms with Crippen LogP contribution in [0, 0.1) is 62.3 Å². The van der Waals surface area contributed by atoms with E-state index in [2.05, 4.69) is 16.0 Å². The Morgan fingerprint density at radius 1 is 0.372 bits per heavy atom. The van der Waals surface area contributed by atoms with Crippen molar-refractivity contribution in [1.29, 1.82) is 5.26 Å². The summed E-state index contributed by atoms with van der Waals surface area (Å²) in [5, 5.41) is 18.2. The van der Waals surface area contributed by atoms with Gasteiger partial charge in [0.1, 0.15) is 77.0 Å². The van der Waals surface area contributed by atoms with E-state index >= 15 is 8.78 Å². The molecule has 21 rings (SSSR count). The lowest BCUT2D eigenvalue weighted by atomic mass is 9.83. The van der Waals surface area contributed by atoms with Crippen LogP contribution in [0.5, 0.6) is 23.0 Å². The van der Waals surface area contributed by atoms with Crippen molar-refractivity contribution < 1.29 is 79.4 Å². The van der Waals surface area contributed by atoms with Gasteiger partial charge in [0, 0.05) is 129 Å². The fourth-order valence-corrected chi connectivity index (χ4v) is 21.3. The molecule has 4 atom stereocenters. The average molecular weight is 2010 g/mol. The van der Waals surface area contributed by atoms with Gasteiger partial charge in [0.05, 0.1) is 87.6 Å². The predicted molar refractivity (Wildman–Crippen MR) is 571 cm³/mol. The second-order valence-electron chi connectivity index (χ2n) is 42.1. The van der Waals surface area contributed by atoms with Crippen molar-refractivity contribution in [3.05, 3.63) is 295 Å². The van der Waals surface area contributed by atoms with Crippen LogP contribution in [0.2, 0.25) is 5.02 Å². The minimum atomic E-state index is -0.929. The van der Waals surface area contributed by atoms with Crippen LogP contribution < -0.4 is 24.7 Å². The van der Waals surface area contributed by atoms with Crippen molar-refractivity contribution in [3.8, 4) is 84.7 Å². The lowest BCUT2D eigenvalue weighted by Crippen LogP contribution is -2.27. The van der Waals surface area contributed by atoms with E-state index in [1.165, 1.54) is 64.4 Å². The average Bonchev–Trinajstić information content (AvgIpc) is 0.735. The van der Waals surface area contributed by atoms with Gasteiger partial charge in [-0.25, -0.2) is 27.5 Å². The molecule has 0 saturated carbocycles. The minimum absolute atomic E-state index is 0.0491. The monoisotopic (exact) mass is 2010 g/mol. The van der Waals surface area contributed by atoms with E-state index < -0.39 is 76.0 Å². The summed E-state index contributed by atoms with van der Waals surface area (Å²) >= 11 is 6.16. The molecule has 9 heterocycles. The van der Waals surface area contributed by atoms with Gasteiger partial charge in [0.2, 0.25) is 5.91 Å². The first-order valence-electron chi connectivity index (χ1n) is 49.3. The molecule has 5 aromatic heterocycles. The number of aryl methyl sites for hydroxylation is 4. The van der Waals surface area contributed by atoms with E-state index in [9.17, 15) is 38.0 Å². The standard InChI is InChI=1S/C33H30FN3O3.C30H29FN2O4.C30H27FN2O3.C29H27ClFNO3/c1-18-12-25-24(21-15-35-17-36-16-21)13-22(34)14-26(25)30(28(18)32(19(2)38)40-33(3,4)5)23-6-7-27-29-20(9-11-39-27)8-10-37-31(23)29;1-15-12-20-21(13-18(31)14-22(20)29(32)35)26(24(15)28(16(2)34)37-30(3,4)5)19-6-7-23-25-17(9-11-36-23)8-10-33-27(19)25;1-16-12-22-19(15-32)13-20(31)14-23(22)27(25(16)29(17(2)34)36-30(3,4)5)21-6-7-24-26-18(9-11-35-24)8-10-33-28(21)26;1-15-14-20-18(6-8-21(30)26(20)31)25(23(15)28(16(2)33)35-29(3,4)5)19-7-9-22-24-17(11-13-34-22)10-12-32-27(19)24/h6-8,10,12-17,32H,9,11H2,1-5H3;6-8,10,12-14,28H,9,11H2,1-5H3,(H2,32,35);6-8,10,12-14,29H,9,11H2,1-5H3;6-10,12,14,28H,11,13H2,1-5H3/t32-;28-;29-;28-/m1111/s1. The Morgan fingerprint density at radius 2 is 0.676 bits per heavy atom. The molecule has 1 amide bonds. The van der Waals surface area contributed by atoms with Crippen molar-refractivity contribution >= 4 is 127 Å². The number of fused-ring (bicyclic) bond motifs is 4. The second kappa shape index (κ2) is 40.4. The molecule has 0 saturated heterocycles. The number of nitrogens with two attached hydrogens (primary N) is 1. The van der Waals surface area contributed by atoms with Gasteiger partial charge in [0.15, 0.2) is 23.1 Å². The number of nitriles is 1. The molecule has 148 heavy (non-hydrogen) atoms. The third-order valence-corrected chi connectivity index (χ3v) is 27.2. The molecule has 26 heteroatoms. The van der Waals surface area contributed by atoms with Crippen LogP contribution >= 0.6 is 11.6 Å². The van der Waals surface area contributed by atoms with E-state index in [1.54, 1.807) is 61.4 Å². The summed E-state index contributed by atoms with van der Waals surface area (Å²) in [6.45, 7) is 38.9. The highest BCUT2D eigenvalue weighted by molar-refractivity contribution is 6.32. The summed E-state index contributed by atoms with van der Waals surface area (Å²) in [5.74, 6) is -0.347. The van der Waals surface area contributed by atoms with Crippen molar-refractivity contribution in [1.82, 2.24) is 29.9 Å². The Kier molecular flexibility index (Phi) is 28.1. The molecule has 0 radical (unpaired) electrons. The van der Waals surface area contributed by atoms with Crippen LogP contribution in [0.1, 0.15) is 218 Å². The molecular formula is C122H113ClF4N8O13. The molecule has 754 valence electrons. The van der Waals surface area contributed by atoms with Crippen molar-refractivity contribution in [3.63, 3.8) is 0 Å². The Morgan fingerprint density at radius 3 is 1.01 bits per heavy atom. The molecule has 0 fully saturated rings. The number of pyridine rings is 4. The third kappa shape index (κ3) is 20.1. The Hall–Kier alpha value is -14.9. The van der Waals surface area contributed by atoms with Crippen molar-refractivity contribution in [2.45, 2.75) is 211 Å². The molecule has 0 aliphatic carbocycles. The highest BCUT2D eigenvalue weighted by Crippen LogP contribution is 2.54. The number of primary amides is 1. The van der Waals surface area contributed by atoms with Gasteiger partial charge < -0.3 is 43.6 Å². The highest BCUT2D eigenvalue weighted by Gasteiger charge is 2.39. The normalized spacial score (nSPS) is 14.0. The van der Waals surface area contributed by atoms with Gasteiger partial charge in [-0.1, -0.05) is 29.8 Å². The van der Waals surface area contributed by atoms with Crippen LogP contribution in [-0.2, 0) is 63.8 Å². The number of amides is 1. The molecule has 21 nitrogen and oxygen atoms in total. The lowest BCUT2D eigenvalue weighted by Gasteiger charge is -2.30. The van der Waals surface area contributed by atoms with Crippen molar-refractivity contribution in [2.75, 3.05) is 26.4 Å². The van der Waals surface area contributed by atoms with E-state index in [1.807, 2.05) is 196 Å². The van der Waals surface area contributed by atoms with E-state index in [4.69, 9.17) is 75.2 Å². The SMILES string of the molecule is CC(=O)[C@@H](OC(C)(C)C)c1c(C)cc2c(-c3cncnc3)cc(F)cc2c1-c1ccc2c3c(ccnc13)CCO2.CC(=O)[C@@H](OC(C)(C)C)c1c(C)cc2c(C#N)cc(F)cc2c1-c1ccc2c3c(ccnc13)CCO2.CC(=O)[C@@H](OC(C)(C)C)c1c(C)cc2c(C(N)=O)cc(F)cc2c1-c1ccc2c3c(ccnc13)CCO2.CC(=O)[C@@H](OC(C)(C)C)c1c(C)cc2c(F)c(Cl)ccc2c1-c1ccc2c3c(ccnc13)CCO2. The van der Waals surface area contributed by atoms with Crippen LogP contribution in [0.25, 0.3) is 142 Å². The van der Waals surface area contributed by atoms with E-state index in [-0.39, 0.29) is 39.3 Å². The summed E-state index contributed by atoms with van der Waals surface area (Å²) < 4.78 is 110.